The van der Waals surface area contributed by atoms with E-state index in [-0.39, 0.29) is 6.61 Å². The van der Waals surface area contributed by atoms with Gasteiger partial charge in [0, 0.05) is 24.6 Å². The molecule has 1 aromatic heterocycles. The van der Waals surface area contributed by atoms with Gasteiger partial charge in [-0.3, -0.25) is 4.98 Å². The zero-order chi connectivity index (χ0) is 11.6. The fourth-order valence-electron chi connectivity index (χ4n) is 1.25. The molecule has 0 radical (unpaired) electrons. The first kappa shape index (κ1) is 12.2. The summed E-state index contributed by atoms with van der Waals surface area (Å²) < 4.78 is 0. The lowest BCUT2D eigenvalue weighted by Crippen LogP contribution is -2.04. The van der Waals surface area contributed by atoms with Crippen LogP contribution in [0.1, 0.15) is 19.3 Å². The number of aromatic nitrogens is 1. The number of hydrogen-bond donors (Lipinski definition) is 1. The summed E-state index contributed by atoms with van der Waals surface area (Å²) in [6.45, 7) is 1.03. The third-order valence-electron chi connectivity index (χ3n) is 2.03. The summed E-state index contributed by atoms with van der Waals surface area (Å²) in [6, 6.07) is 3.80. The van der Waals surface area contributed by atoms with Crippen molar-refractivity contribution in [2.45, 2.75) is 19.3 Å². The SMILES string of the molecule is O=[N+]([O-])OCCCCCNc1ccncc1. The van der Waals surface area contributed by atoms with E-state index in [4.69, 9.17) is 0 Å². The minimum absolute atomic E-state index is 0.183. The van der Waals surface area contributed by atoms with Crippen LogP contribution in [0.5, 0.6) is 0 Å². The lowest BCUT2D eigenvalue weighted by molar-refractivity contribution is -0.757. The third-order valence-corrected chi connectivity index (χ3v) is 2.03. The Morgan fingerprint density at radius 3 is 2.75 bits per heavy atom. The molecule has 0 aliphatic heterocycles. The van der Waals surface area contributed by atoms with Gasteiger partial charge in [0.2, 0.25) is 0 Å². The van der Waals surface area contributed by atoms with Crippen molar-refractivity contribution in [1.82, 2.24) is 4.98 Å². The second-order valence-corrected chi connectivity index (χ2v) is 3.28. The number of anilines is 1. The molecule has 0 atom stereocenters. The molecule has 1 heterocycles. The van der Waals surface area contributed by atoms with E-state index in [9.17, 15) is 10.1 Å². The Balaban J connectivity index is 1.94. The van der Waals surface area contributed by atoms with Gasteiger partial charge in [0.05, 0.1) is 6.61 Å². The molecule has 6 heteroatoms. The van der Waals surface area contributed by atoms with Crippen molar-refractivity contribution >= 4 is 5.69 Å². The van der Waals surface area contributed by atoms with Crippen LogP contribution in [0.25, 0.3) is 0 Å². The summed E-state index contributed by atoms with van der Waals surface area (Å²) in [7, 11) is 0. The van der Waals surface area contributed by atoms with E-state index < -0.39 is 5.09 Å². The standard InChI is InChI=1S/C10H15N3O3/c14-13(15)16-9-3-1-2-6-12-10-4-7-11-8-5-10/h4-5,7-8H,1-3,6,9H2,(H,11,12). The average molecular weight is 225 g/mol. The third kappa shape index (κ3) is 5.79. The minimum atomic E-state index is -0.755. The normalized spacial score (nSPS) is 9.75. The van der Waals surface area contributed by atoms with E-state index >= 15 is 0 Å². The maximum atomic E-state index is 9.84. The molecule has 88 valence electrons. The van der Waals surface area contributed by atoms with Crippen LogP contribution >= 0.6 is 0 Å². The van der Waals surface area contributed by atoms with Crippen LogP contribution in [0.15, 0.2) is 24.5 Å². The highest BCUT2D eigenvalue weighted by molar-refractivity contribution is 5.40. The average Bonchev–Trinajstić information content (AvgIpc) is 2.29. The summed E-state index contributed by atoms with van der Waals surface area (Å²) in [6.07, 6.45) is 6.04. The lowest BCUT2D eigenvalue weighted by Gasteiger charge is -2.05. The Hall–Kier alpha value is -1.85. The van der Waals surface area contributed by atoms with Gasteiger partial charge in [-0.1, -0.05) is 0 Å². The summed E-state index contributed by atoms with van der Waals surface area (Å²) in [5.41, 5.74) is 1.04. The molecule has 1 aromatic rings. The maximum absolute atomic E-state index is 9.84. The van der Waals surface area contributed by atoms with Crippen LogP contribution in [0.4, 0.5) is 5.69 Å². The molecule has 0 spiro atoms. The van der Waals surface area contributed by atoms with Crippen molar-refractivity contribution in [1.29, 1.82) is 0 Å². The van der Waals surface area contributed by atoms with E-state index in [1.54, 1.807) is 12.4 Å². The van der Waals surface area contributed by atoms with Gasteiger partial charge < -0.3 is 10.2 Å². The predicted octanol–water partition coefficient (Wildman–Crippen LogP) is 1.87. The molecule has 0 bridgehead atoms. The molecular formula is C10H15N3O3. The van der Waals surface area contributed by atoms with E-state index in [1.807, 2.05) is 12.1 Å². The first-order valence-corrected chi connectivity index (χ1v) is 5.20. The number of nitrogens with zero attached hydrogens (tertiary/aromatic N) is 2. The molecule has 0 amide bonds. The quantitative estimate of drug-likeness (QED) is 0.415. The van der Waals surface area contributed by atoms with Gasteiger partial charge in [-0.25, -0.2) is 0 Å². The van der Waals surface area contributed by atoms with Gasteiger partial charge in [-0.15, -0.1) is 10.1 Å². The van der Waals surface area contributed by atoms with Gasteiger partial charge >= 0.3 is 0 Å². The topological polar surface area (TPSA) is 77.3 Å². The maximum Gasteiger partial charge on any atom is 0.294 e. The molecule has 0 fully saturated rings. The van der Waals surface area contributed by atoms with Crippen LogP contribution in [0.3, 0.4) is 0 Å². The Bertz CT molecular complexity index is 305. The number of nitrogens with one attached hydrogen (secondary N) is 1. The van der Waals surface area contributed by atoms with Gasteiger partial charge in [0.1, 0.15) is 0 Å². The van der Waals surface area contributed by atoms with Gasteiger partial charge in [-0.2, -0.15) is 0 Å². The number of unbranched alkanes of at least 4 members (excludes halogenated alkanes) is 2. The Morgan fingerprint density at radius 1 is 1.31 bits per heavy atom. The van der Waals surface area contributed by atoms with Crippen molar-refractivity contribution in [3.05, 3.63) is 34.6 Å². The summed E-state index contributed by atoms with van der Waals surface area (Å²) in [5, 5.41) is 12.3. The molecule has 0 saturated carbocycles. The van der Waals surface area contributed by atoms with E-state index in [0.717, 1.165) is 25.1 Å². The summed E-state index contributed by atoms with van der Waals surface area (Å²) in [4.78, 5) is 17.9. The molecule has 0 unspecified atom stereocenters. The van der Waals surface area contributed by atoms with Crippen molar-refractivity contribution in [3.8, 4) is 0 Å². The smallest absolute Gasteiger partial charge is 0.294 e. The fraction of sp³-hybridized carbons (Fsp3) is 0.500. The second kappa shape index (κ2) is 7.44. The van der Waals surface area contributed by atoms with Crippen molar-refractivity contribution < 1.29 is 9.92 Å². The molecule has 0 aliphatic rings. The Labute approximate surface area is 93.7 Å². The molecule has 0 aromatic carbocycles. The van der Waals surface area contributed by atoms with Gasteiger partial charge in [0.25, 0.3) is 5.09 Å². The van der Waals surface area contributed by atoms with Crippen LogP contribution in [0, 0.1) is 10.1 Å². The Kier molecular flexibility index (Phi) is 5.68. The first-order valence-electron chi connectivity index (χ1n) is 5.20. The zero-order valence-electron chi connectivity index (χ0n) is 8.96. The second-order valence-electron chi connectivity index (χ2n) is 3.28. The highest BCUT2D eigenvalue weighted by Crippen LogP contribution is 2.04. The number of hydrogen-bond acceptors (Lipinski definition) is 5. The monoisotopic (exact) mass is 225 g/mol. The van der Waals surface area contributed by atoms with E-state index in [2.05, 4.69) is 15.1 Å². The zero-order valence-corrected chi connectivity index (χ0v) is 8.96. The summed E-state index contributed by atoms with van der Waals surface area (Å²) >= 11 is 0. The number of pyridine rings is 1. The van der Waals surface area contributed by atoms with Gasteiger partial charge in [0.15, 0.2) is 0 Å². The van der Waals surface area contributed by atoms with Crippen LogP contribution in [-0.4, -0.2) is 23.2 Å². The molecule has 0 aliphatic carbocycles. The van der Waals surface area contributed by atoms with Crippen molar-refractivity contribution in [2.24, 2.45) is 0 Å². The molecule has 1 N–H and O–H groups in total. The van der Waals surface area contributed by atoms with E-state index in [0.29, 0.717) is 6.42 Å². The highest BCUT2D eigenvalue weighted by Gasteiger charge is 1.94. The van der Waals surface area contributed by atoms with Crippen molar-refractivity contribution in [3.63, 3.8) is 0 Å². The van der Waals surface area contributed by atoms with Crippen LogP contribution in [0.2, 0.25) is 0 Å². The van der Waals surface area contributed by atoms with Gasteiger partial charge in [-0.05, 0) is 31.4 Å². The van der Waals surface area contributed by atoms with Crippen LogP contribution < -0.4 is 5.32 Å². The lowest BCUT2D eigenvalue weighted by atomic mass is 10.2. The number of rotatable bonds is 8. The van der Waals surface area contributed by atoms with E-state index in [1.165, 1.54) is 0 Å². The van der Waals surface area contributed by atoms with Crippen LogP contribution in [-0.2, 0) is 4.84 Å². The highest BCUT2D eigenvalue weighted by atomic mass is 16.9. The largest absolute Gasteiger partial charge is 0.385 e. The summed E-state index contributed by atoms with van der Waals surface area (Å²) in [5.74, 6) is 0. The minimum Gasteiger partial charge on any atom is -0.385 e. The molecular weight excluding hydrogens is 210 g/mol. The predicted molar refractivity (Wildman–Crippen MR) is 59.5 cm³/mol. The molecule has 6 nitrogen and oxygen atoms in total. The fourth-order valence-corrected chi connectivity index (χ4v) is 1.25. The Morgan fingerprint density at radius 2 is 2.06 bits per heavy atom. The first-order chi connectivity index (χ1) is 7.79. The molecule has 0 saturated heterocycles. The molecule has 16 heavy (non-hydrogen) atoms. The van der Waals surface area contributed by atoms with Crippen molar-refractivity contribution in [2.75, 3.05) is 18.5 Å². The molecule has 1 rings (SSSR count).